The van der Waals surface area contributed by atoms with Crippen LogP contribution in [-0.2, 0) is 18.3 Å². The summed E-state index contributed by atoms with van der Waals surface area (Å²) < 4.78 is 1.61. The molecule has 5 nitrogen and oxygen atoms in total. The molecule has 0 fully saturated rings. The van der Waals surface area contributed by atoms with Gasteiger partial charge in [0.15, 0.2) is 5.82 Å². The third-order valence-corrected chi connectivity index (χ3v) is 1.16. The van der Waals surface area contributed by atoms with E-state index in [2.05, 4.69) is 15.1 Å². The van der Waals surface area contributed by atoms with Crippen LogP contribution < -0.4 is 0 Å². The SMILES string of the molecule is Cn1cnc(CCN=C=O)n1. The number of rotatable bonds is 3. The molecule has 0 N–H and O–H groups in total. The lowest BCUT2D eigenvalue weighted by atomic mass is 10.4. The largest absolute Gasteiger partial charge is 0.256 e. The van der Waals surface area contributed by atoms with Gasteiger partial charge < -0.3 is 0 Å². The zero-order valence-corrected chi connectivity index (χ0v) is 6.19. The summed E-state index contributed by atoms with van der Waals surface area (Å²) in [6, 6.07) is 0. The summed E-state index contributed by atoms with van der Waals surface area (Å²) in [5.41, 5.74) is 0. The van der Waals surface area contributed by atoms with E-state index >= 15 is 0 Å². The van der Waals surface area contributed by atoms with Gasteiger partial charge in [0.2, 0.25) is 6.08 Å². The highest BCUT2D eigenvalue weighted by Gasteiger charge is 1.95. The quantitative estimate of drug-likeness (QED) is 0.441. The van der Waals surface area contributed by atoms with E-state index in [-0.39, 0.29) is 0 Å². The highest BCUT2D eigenvalue weighted by Crippen LogP contribution is 1.88. The van der Waals surface area contributed by atoms with Crippen LogP contribution in [0.25, 0.3) is 0 Å². The second kappa shape index (κ2) is 3.63. The van der Waals surface area contributed by atoms with E-state index in [9.17, 15) is 4.79 Å². The van der Waals surface area contributed by atoms with Crippen LogP contribution in [0, 0.1) is 0 Å². The number of hydrogen-bond donors (Lipinski definition) is 0. The molecule has 58 valence electrons. The Hall–Kier alpha value is -1.48. The van der Waals surface area contributed by atoms with E-state index in [1.54, 1.807) is 18.1 Å². The van der Waals surface area contributed by atoms with Crippen LogP contribution in [-0.4, -0.2) is 27.4 Å². The Morgan fingerprint density at radius 2 is 2.64 bits per heavy atom. The van der Waals surface area contributed by atoms with Gasteiger partial charge in [-0.1, -0.05) is 0 Å². The van der Waals surface area contributed by atoms with Crippen molar-refractivity contribution in [3.05, 3.63) is 12.2 Å². The molecule has 1 aromatic heterocycles. The maximum Gasteiger partial charge on any atom is 0.234 e. The topological polar surface area (TPSA) is 60.1 Å². The third-order valence-electron chi connectivity index (χ3n) is 1.16. The van der Waals surface area contributed by atoms with E-state index in [4.69, 9.17) is 0 Å². The third kappa shape index (κ3) is 2.31. The second-order valence-electron chi connectivity index (χ2n) is 2.06. The maximum atomic E-state index is 9.66. The fraction of sp³-hybridized carbons (Fsp3) is 0.500. The first-order valence-corrected chi connectivity index (χ1v) is 3.21. The molecule has 1 aromatic rings. The molecule has 0 aromatic carbocycles. The minimum Gasteiger partial charge on any atom is -0.256 e. The Labute approximate surface area is 63.8 Å². The fourth-order valence-electron chi connectivity index (χ4n) is 0.700. The smallest absolute Gasteiger partial charge is 0.234 e. The Bertz CT molecular complexity index is 274. The summed E-state index contributed by atoms with van der Waals surface area (Å²) in [6.07, 6.45) is 3.66. The molecular formula is C6H8N4O. The lowest BCUT2D eigenvalue weighted by Crippen LogP contribution is -1.94. The zero-order chi connectivity index (χ0) is 8.10. The monoisotopic (exact) mass is 152 g/mol. The van der Waals surface area contributed by atoms with Gasteiger partial charge in [-0.2, -0.15) is 5.10 Å². The molecule has 5 heteroatoms. The van der Waals surface area contributed by atoms with Crippen LogP contribution in [0.3, 0.4) is 0 Å². The molecule has 0 radical (unpaired) electrons. The van der Waals surface area contributed by atoms with Crippen LogP contribution in [0.1, 0.15) is 5.82 Å². The average molecular weight is 152 g/mol. The molecule has 0 aliphatic rings. The van der Waals surface area contributed by atoms with E-state index in [1.807, 2.05) is 0 Å². The number of aliphatic imine (C=N–C) groups is 1. The molecule has 0 spiro atoms. The van der Waals surface area contributed by atoms with Gasteiger partial charge in [0.25, 0.3) is 0 Å². The van der Waals surface area contributed by atoms with Crippen molar-refractivity contribution in [2.75, 3.05) is 6.54 Å². The van der Waals surface area contributed by atoms with E-state index < -0.39 is 0 Å². The molecule has 0 aliphatic heterocycles. The normalized spacial score (nSPS) is 9.18. The first-order chi connectivity index (χ1) is 5.33. The van der Waals surface area contributed by atoms with Crippen molar-refractivity contribution in [3.63, 3.8) is 0 Å². The summed E-state index contributed by atoms with van der Waals surface area (Å²) in [5.74, 6) is 0.700. The summed E-state index contributed by atoms with van der Waals surface area (Å²) in [7, 11) is 1.79. The molecule has 0 bridgehead atoms. The van der Waals surface area contributed by atoms with E-state index in [1.165, 1.54) is 6.08 Å². The van der Waals surface area contributed by atoms with Crippen LogP contribution >= 0.6 is 0 Å². The van der Waals surface area contributed by atoms with Crippen molar-refractivity contribution in [3.8, 4) is 0 Å². The lowest BCUT2D eigenvalue weighted by molar-refractivity contribution is 0.562. The Kier molecular flexibility index (Phi) is 2.52. The number of nitrogens with zero attached hydrogens (tertiary/aromatic N) is 4. The molecule has 0 saturated heterocycles. The van der Waals surface area contributed by atoms with Gasteiger partial charge in [0.1, 0.15) is 6.33 Å². The number of aryl methyl sites for hydroxylation is 1. The molecule has 0 amide bonds. The first-order valence-electron chi connectivity index (χ1n) is 3.21. The maximum absolute atomic E-state index is 9.66. The molecular weight excluding hydrogens is 144 g/mol. The minimum atomic E-state index is 0.410. The molecule has 1 heterocycles. The van der Waals surface area contributed by atoms with Crippen molar-refractivity contribution in [1.82, 2.24) is 14.8 Å². The van der Waals surface area contributed by atoms with Gasteiger partial charge in [-0.15, -0.1) is 0 Å². The highest BCUT2D eigenvalue weighted by atomic mass is 16.1. The minimum absolute atomic E-state index is 0.410. The number of carbonyl (C=O) groups excluding carboxylic acids is 1. The van der Waals surface area contributed by atoms with Crippen LogP contribution in [0.5, 0.6) is 0 Å². The number of aromatic nitrogens is 3. The lowest BCUT2D eigenvalue weighted by Gasteiger charge is -1.85. The standard InChI is InChI=1S/C6H8N4O/c1-10-4-8-6(9-10)2-3-7-5-11/h4H,2-3H2,1H3. The van der Waals surface area contributed by atoms with Crippen LogP contribution in [0.4, 0.5) is 0 Å². The van der Waals surface area contributed by atoms with Crippen molar-refractivity contribution < 1.29 is 4.79 Å². The summed E-state index contributed by atoms with van der Waals surface area (Å²) in [6.45, 7) is 0.410. The van der Waals surface area contributed by atoms with Crippen molar-refractivity contribution in [2.24, 2.45) is 12.0 Å². The Balaban J connectivity index is 2.44. The molecule has 0 unspecified atom stereocenters. The van der Waals surface area contributed by atoms with Gasteiger partial charge in [0, 0.05) is 13.5 Å². The fourth-order valence-corrected chi connectivity index (χ4v) is 0.700. The summed E-state index contributed by atoms with van der Waals surface area (Å²) in [5, 5.41) is 4.00. The number of isocyanates is 1. The predicted octanol–water partition coefficient (Wildman–Crippen LogP) is -0.307. The molecule has 0 saturated carbocycles. The van der Waals surface area contributed by atoms with Gasteiger partial charge in [-0.05, 0) is 0 Å². The van der Waals surface area contributed by atoms with Gasteiger partial charge in [-0.25, -0.2) is 14.8 Å². The van der Waals surface area contributed by atoms with E-state index in [0.29, 0.717) is 18.8 Å². The number of hydrogen-bond acceptors (Lipinski definition) is 4. The average Bonchev–Trinajstić information content (AvgIpc) is 2.37. The van der Waals surface area contributed by atoms with Gasteiger partial charge in [-0.3, -0.25) is 4.68 Å². The van der Waals surface area contributed by atoms with Gasteiger partial charge in [0.05, 0.1) is 6.54 Å². The van der Waals surface area contributed by atoms with Crippen molar-refractivity contribution in [1.29, 1.82) is 0 Å². The molecule has 0 aliphatic carbocycles. The molecule has 0 atom stereocenters. The van der Waals surface area contributed by atoms with Crippen LogP contribution in [0.2, 0.25) is 0 Å². The van der Waals surface area contributed by atoms with Crippen molar-refractivity contribution in [2.45, 2.75) is 6.42 Å². The van der Waals surface area contributed by atoms with Gasteiger partial charge >= 0.3 is 0 Å². The van der Waals surface area contributed by atoms with Crippen molar-refractivity contribution >= 4 is 6.08 Å². The molecule has 1 rings (SSSR count). The molecule has 11 heavy (non-hydrogen) atoms. The zero-order valence-electron chi connectivity index (χ0n) is 6.19. The van der Waals surface area contributed by atoms with Crippen LogP contribution in [0.15, 0.2) is 11.3 Å². The van der Waals surface area contributed by atoms with E-state index in [0.717, 1.165) is 0 Å². The summed E-state index contributed by atoms with van der Waals surface area (Å²) >= 11 is 0. The Morgan fingerprint density at radius 1 is 1.82 bits per heavy atom. The first kappa shape index (κ1) is 7.63. The highest BCUT2D eigenvalue weighted by molar-refractivity contribution is 5.32. The second-order valence-corrected chi connectivity index (χ2v) is 2.06. The predicted molar refractivity (Wildman–Crippen MR) is 37.7 cm³/mol. The Morgan fingerprint density at radius 3 is 3.18 bits per heavy atom. The summed E-state index contributed by atoms with van der Waals surface area (Å²) in [4.78, 5) is 17.0.